The van der Waals surface area contributed by atoms with Crippen molar-refractivity contribution >= 4 is 35.2 Å². The molecule has 3 unspecified atom stereocenters. The van der Waals surface area contributed by atoms with Crippen molar-refractivity contribution in [2.24, 2.45) is 40.9 Å². The largest absolute Gasteiger partial charge is 0.460 e. The molecule has 17 nitrogen and oxygen atoms in total. The van der Waals surface area contributed by atoms with Gasteiger partial charge in [-0.3, -0.25) is 24.0 Å². The fourth-order valence-corrected chi connectivity index (χ4v) is 10.7. The molecule has 4 aliphatic rings. The predicted molar refractivity (Wildman–Crippen MR) is 271 cm³/mol. The van der Waals surface area contributed by atoms with Crippen LogP contribution in [0, 0.1) is 40.9 Å². The number of allylic oxidation sites excluding steroid dienone is 6. The zero-order valence-corrected chi connectivity index (χ0v) is 45.3. The predicted octanol–water partition coefficient (Wildman–Crippen LogP) is 5.72. The molecule has 0 aromatic heterocycles. The number of piperidine rings is 1. The van der Waals surface area contributed by atoms with Crippen molar-refractivity contribution in [3.63, 3.8) is 0 Å². The lowest BCUT2D eigenvalue weighted by molar-refractivity contribution is -0.265. The summed E-state index contributed by atoms with van der Waals surface area (Å²) in [6.07, 6.45) is 9.81. The summed E-state index contributed by atoms with van der Waals surface area (Å²) in [6.45, 7) is 12.7. The van der Waals surface area contributed by atoms with Crippen LogP contribution in [0.1, 0.15) is 132 Å². The molecule has 1 aliphatic carbocycles. The van der Waals surface area contributed by atoms with Gasteiger partial charge in [0.2, 0.25) is 5.79 Å². The molecule has 0 aromatic rings. The summed E-state index contributed by atoms with van der Waals surface area (Å²) in [5.41, 5.74) is -0.363. The smallest absolute Gasteiger partial charge is 0.329 e. The number of carbonyl (C=O) groups is 6. The van der Waals surface area contributed by atoms with Gasteiger partial charge in [-0.05, 0) is 114 Å². The molecule has 73 heavy (non-hydrogen) atoms. The molecule has 4 rings (SSSR count). The molecule has 0 radical (unpaired) electrons. The van der Waals surface area contributed by atoms with Crippen LogP contribution in [-0.2, 0) is 57.2 Å². The zero-order valence-electron chi connectivity index (χ0n) is 45.3. The molecule has 2 bridgehead atoms. The third kappa shape index (κ3) is 16.0. The standard InChI is InChI=1S/C56H87NO16/c1-33-17-13-12-14-18-34(2)45(68-9)29-41-22-20-39(7)56(67,73-41)51(63)52(64)57-24-16-15-19-42(57)53(65)71-46(30-43(60)35(3)26-38(6)49(62)50(70-11)48(61)37(5)25-33)36(4)27-40-21-23-44(47(28-40)69-10)72-54(66)55(8,31-58)32-59/h12-14,17-18,26,33,36-42,44-47,49-50,58-59,62,67H,15-16,19-25,27-32H2,1-11H3/t33-,36-,37-,38?,39-,40?,41+,42+,44-,45?,46+,47-,49-,50+,56-/m1/s1. The van der Waals surface area contributed by atoms with E-state index < -0.39 is 120 Å². The Kier molecular flexibility index (Phi) is 23.9. The fourth-order valence-electron chi connectivity index (χ4n) is 10.7. The SMILES string of the molecule is COC1C[C@@H]2CC[C@@H](C)[C@@](O)(O2)C(=O)C(=O)N2CCCC[C@H]2C(=O)O[C@H]([C@H](C)CC2CC[C@@H](OC(=O)C(C)(CO)CO)[C@H](OC)C2)CC(=O)C(C)=CC(C)[C@@H](O)[C@@H](OC)C(=O)[C@H](C)C[C@H](C)C=CC=CC=C1C. The molecule has 0 spiro atoms. The first-order valence-electron chi connectivity index (χ1n) is 26.4. The number of Topliss-reactive ketones (excluding diaryl/α,β-unsaturated/α-hetero) is 3. The normalized spacial score (nSPS) is 35.1. The van der Waals surface area contributed by atoms with E-state index in [9.17, 15) is 49.2 Å². The maximum Gasteiger partial charge on any atom is 0.329 e. The Bertz CT molecular complexity index is 2010. The Balaban J connectivity index is 1.69. The Labute approximate surface area is 433 Å². The van der Waals surface area contributed by atoms with Crippen molar-refractivity contribution in [3.05, 3.63) is 47.6 Å². The van der Waals surface area contributed by atoms with E-state index in [2.05, 4.69) is 0 Å². The van der Waals surface area contributed by atoms with Gasteiger partial charge in [0.25, 0.3) is 11.7 Å². The van der Waals surface area contributed by atoms with Gasteiger partial charge in [-0.25, -0.2) is 4.79 Å². The molecule has 15 atom stereocenters. The number of methoxy groups -OCH3 is 3. The van der Waals surface area contributed by atoms with Crippen molar-refractivity contribution in [2.45, 2.75) is 187 Å². The van der Waals surface area contributed by atoms with E-state index in [1.54, 1.807) is 40.9 Å². The highest BCUT2D eigenvalue weighted by molar-refractivity contribution is 6.39. The lowest BCUT2D eigenvalue weighted by Crippen LogP contribution is -2.61. The molecule has 2 saturated heterocycles. The van der Waals surface area contributed by atoms with Gasteiger partial charge in [-0.15, -0.1) is 0 Å². The Morgan fingerprint density at radius 1 is 0.877 bits per heavy atom. The maximum absolute atomic E-state index is 14.5. The van der Waals surface area contributed by atoms with Gasteiger partial charge in [0.15, 0.2) is 11.6 Å². The van der Waals surface area contributed by atoms with Crippen LogP contribution in [0.4, 0.5) is 0 Å². The average molecular weight is 1030 g/mol. The van der Waals surface area contributed by atoms with Crippen molar-refractivity contribution in [3.8, 4) is 0 Å². The summed E-state index contributed by atoms with van der Waals surface area (Å²) >= 11 is 0. The van der Waals surface area contributed by atoms with E-state index in [1.165, 1.54) is 21.1 Å². The maximum atomic E-state index is 14.5. The lowest BCUT2D eigenvalue weighted by atomic mass is 9.78. The van der Waals surface area contributed by atoms with Crippen LogP contribution in [0.2, 0.25) is 0 Å². The molecule has 3 fully saturated rings. The summed E-state index contributed by atoms with van der Waals surface area (Å²) in [4.78, 5) is 85.4. The van der Waals surface area contributed by atoms with E-state index in [0.29, 0.717) is 64.2 Å². The van der Waals surface area contributed by atoms with Crippen molar-refractivity contribution in [2.75, 3.05) is 41.1 Å². The number of aliphatic hydroxyl groups excluding tert-OH is 3. The minimum absolute atomic E-state index is 0.00428. The Hall–Kier alpha value is -3.94. The zero-order chi connectivity index (χ0) is 54.4. The van der Waals surface area contributed by atoms with E-state index in [-0.39, 0.29) is 48.4 Å². The van der Waals surface area contributed by atoms with E-state index >= 15 is 0 Å². The van der Waals surface area contributed by atoms with Crippen LogP contribution >= 0.6 is 0 Å². The van der Waals surface area contributed by atoms with Crippen molar-refractivity contribution in [1.29, 1.82) is 0 Å². The van der Waals surface area contributed by atoms with E-state index in [0.717, 1.165) is 10.5 Å². The molecular weight excluding hydrogens is 943 g/mol. The number of ether oxygens (including phenoxy) is 6. The van der Waals surface area contributed by atoms with Gasteiger partial charge in [-0.2, -0.15) is 0 Å². The average Bonchev–Trinajstić information content (AvgIpc) is 3.37. The summed E-state index contributed by atoms with van der Waals surface area (Å²) in [5, 5.41) is 43.1. The van der Waals surface area contributed by atoms with E-state index in [4.69, 9.17) is 28.4 Å². The quantitative estimate of drug-likeness (QED) is 0.151. The van der Waals surface area contributed by atoms with Gasteiger partial charge in [0, 0.05) is 58.5 Å². The monoisotopic (exact) mass is 1030 g/mol. The summed E-state index contributed by atoms with van der Waals surface area (Å²) in [6, 6.07) is -1.20. The highest BCUT2D eigenvalue weighted by Crippen LogP contribution is 2.38. The first-order valence-corrected chi connectivity index (χ1v) is 26.4. The highest BCUT2D eigenvalue weighted by atomic mass is 16.6. The number of hydrogen-bond donors (Lipinski definition) is 4. The minimum Gasteiger partial charge on any atom is -0.460 e. The molecule has 1 saturated carbocycles. The fraction of sp³-hybridized carbons (Fsp3) is 0.750. The van der Waals surface area contributed by atoms with Crippen LogP contribution in [0.15, 0.2) is 47.6 Å². The summed E-state index contributed by atoms with van der Waals surface area (Å²) in [7, 11) is 4.44. The number of esters is 2. The second-order valence-electron chi connectivity index (χ2n) is 21.9. The van der Waals surface area contributed by atoms with Crippen LogP contribution in [0.25, 0.3) is 0 Å². The first kappa shape index (κ1) is 61.6. The molecule has 3 aliphatic heterocycles. The minimum atomic E-state index is -2.47. The number of carbonyl (C=O) groups excluding carboxylic acids is 6. The topological polar surface area (TPSA) is 242 Å². The summed E-state index contributed by atoms with van der Waals surface area (Å²) in [5.74, 6) is -9.33. The molecular formula is C56H87NO16. The summed E-state index contributed by atoms with van der Waals surface area (Å²) < 4.78 is 35.4. The molecule has 412 valence electrons. The number of hydrogen-bond acceptors (Lipinski definition) is 16. The molecule has 3 heterocycles. The lowest BCUT2D eigenvalue weighted by Gasteiger charge is -2.42. The molecule has 17 heteroatoms. The van der Waals surface area contributed by atoms with Crippen LogP contribution in [0.5, 0.6) is 0 Å². The second kappa shape index (κ2) is 28.3. The van der Waals surface area contributed by atoms with Gasteiger partial charge in [0.05, 0.1) is 37.6 Å². The molecule has 4 N–H and O–H groups in total. The van der Waals surface area contributed by atoms with E-state index in [1.807, 2.05) is 51.2 Å². The van der Waals surface area contributed by atoms with Crippen molar-refractivity contribution in [1.82, 2.24) is 4.90 Å². The van der Waals surface area contributed by atoms with Gasteiger partial charge in [0.1, 0.15) is 29.8 Å². The number of aliphatic hydroxyl groups is 4. The van der Waals surface area contributed by atoms with Crippen LogP contribution in [0.3, 0.4) is 0 Å². The van der Waals surface area contributed by atoms with Crippen molar-refractivity contribution < 1.29 is 77.6 Å². The second-order valence-corrected chi connectivity index (χ2v) is 21.9. The highest BCUT2D eigenvalue weighted by Gasteiger charge is 2.53. The van der Waals surface area contributed by atoms with Gasteiger partial charge < -0.3 is 53.7 Å². The number of cyclic esters (lactones) is 1. The Morgan fingerprint density at radius 2 is 1.58 bits per heavy atom. The molecule has 0 aromatic carbocycles. The third-order valence-corrected chi connectivity index (χ3v) is 15.9. The number of rotatable bonds is 10. The third-order valence-electron chi connectivity index (χ3n) is 15.9. The van der Waals surface area contributed by atoms with Gasteiger partial charge in [-0.1, -0.05) is 71.1 Å². The Morgan fingerprint density at radius 3 is 2.22 bits per heavy atom. The van der Waals surface area contributed by atoms with Crippen LogP contribution in [-0.4, -0.2) is 156 Å². The number of nitrogens with zero attached hydrogens (tertiary/aromatic N) is 1. The number of ketones is 3. The molecule has 1 amide bonds. The number of fused-ring (bicyclic) bond motifs is 3. The number of amides is 1. The van der Waals surface area contributed by atoms with Gasteiger partial charge >= 0.3 is 11.9 Å². The van der Waals surface area contributed by atoms with Crippen LogP contribution < -0.4 is 0 Å². The first-order chi connectivity index (χ1) is 34.5.